The zero-order valence-electron chi connectivity index (χ0n) is 9.87. The molecule has 0 amide bonds. The molecule has 0 fully saturated rings. The third-order valence-corrected chi connectivity index (χ3v) is 5.35. The van der Waals surface area contributed by atoms with Crippen molar-refractivity contribution in [3.8, 4) is 0 Å². The largest absolute Gasteiger partial charge is 0.313 e. The van der Waals surface area contributed by atoms with Gasteiger partial charge in [0.05, 0.1) is 10.5 Å². The number of sulfone groups is 1. The molecule has 0 saturated carbocycles. The Balaban J connectivity index is 4.38. The molecule has 0 aliphatic rings. The zero-order chi connectivity index (χ0) is 11.4. The van der Waals surface area contributed by atoms with Gasteiger partial charge >= 0.3 is 0 Å². The summed E-state index contributed by atoms with van der Waals surface area (Å²) in [6, 6.07) is 0.0300. The van der Waals surface area contributed by atoms with E-state index in [1.807, 2.05) is 6.92 Å². The molecule has 0 spiro atoms. The smallest absolute Gasteiger partial charge is 0.156 e. The Labute approximate surface area is 88.2 Å². The van der Waals surface area contributed by atoms with E-state index in [-0.39, 0.29) is 16.5 Å². The highest BCUT2D eigenvalue weighted by molar-refractivity contribution is 7.92. The van der Waals surface area contributed by atoms with Gasteiger partial charge in [0, 0.05) is 6.04 Å². The third-order valence-electron chi connectivity index (χ3n) is 2.60. The van der Waals surface area contributed by atoms with Gasteiger partial charge in [0.1, 0.15) is 0 Å². The van der Waals surface area contributed by atoms with Crippen LogP contribution in [-0.4, -0.2) is 31.5 Å². The van der Waals surface area contributed by atoms with Crippen LogP contribution in [0.5, 0.6) is 0 Å². The lowest BCUT2D eigenvalue weighted by molar-refractivity contribution is 0.505. The lowest BCUT2D eigenvalue weighted by atomic mass is 10.2. The van der Waals surface area contributed by atoms with Gasteiger partial charge < -0.3 is 5.32 Å². The fourth-order valence-electron chi connectivity index (χ4n) is 1.25. The molecule has 86 valence electrons. The summed E-state index contributed by atoms with van der Waals surface area (Å²) in [6.45, 7) is 10.1. The van der Waals surface area contributed by atoms with Gasteiger partial charge in [0.25, 0.3) is 0 Å². The van der Waals surface area contributed by atoms with E-state index < -0.39 is 9.84 Å². The Morgan fingerprint density at radius 2 is 1.64 bits per heavy atom. The topological polar surface area (TPSA) is 46.2 Å². The molecule has 4 heteroatoms. The molecule has 0 aromatic heterocycles. The Bertz CT molecular complexity index is 247. The normalized spacial score (nSPS) is 17.0. The SMILES string of the molecule is CCCNC(C)C(C)S(=O)(=O)C(C)C. The molecule has 2 atom stereocenters. The van der Waals surface area contributed by atoms with Crippen molar-refractivity contribution in [2.45, 2.75) is 57.6 Å². The van der Waals surface area contributed by atoms with Gasteiger partial charge in [-0.25, -0.2) is 8.42 Å². The van der Waals surface area contributed by atoms with Crippen molar-refractivity contribution in [3.63, 3.8) is 0 Å². The Kier molecular flexibility index (Phi) is 5.67. The summed E-state index contributed by atoms with van der Waals surface area (Å²) in [4.78, 5) is 0. The van der Waals surface area contributed by atoms with Crippen LogP contribution in [0.25, 0.3) is 0 Å². The molecule has 0 aliphatic heterocycles. The minimum Gasteiger partial charge on any atom is -0.313 e. The van der Waals surface area contributed by atoms with E-state index in [0.717, 1.165) is 13.0 Å². The van der Waals surface area contributed by atoms with Gasteiger partial charge in [-0.05, 0) is 40.7 Å². The van der Waals surface area contributed by atoms with Crippen LogP contribution >= 0.6 is 0 Å². The summed E-state index contributed by atoms with van der Waals surface area (Å²) in [7, 11) is -2.97. The van der Waals surface area contributed by atoms with Crippen LogP contribution in [0.4, 0.5) is 0 Å². The van der Waals surface area contributed by atoms with E-state index in [4.69, 9.17) is 0 Å². The second-order valence-corrected chi connectivity index (χ2v) is 6.95. The lowest BCUT2D eigenvalue weighted by Gasteiger charge is -2.23. The third kappa shape index (κ3) is 3.58. The molecule has 0 saturated heterocycles. The predicted octanol–water partition coefficient (Wildman–Crippen LogP) is 1.59. The van der Waals surface area contributed by atoms with E-state index in [2.05, 4.69) is 12.2 Å². The molecule has 0 aromatic carbocycles. The first-order valence-corrected chi connectivity index (χ1v) is 6.91. The van der Waals surface area contributed by atoms with E-state index >= 15 is 0 Å². The molecule has 0 heterocycles. The van der Waals surface area contributed by atoms with Crippen molar-refractivity contribution in [2.24, 2.45) is 0 Å². The average molecular weight is 221 g/mol. The summed E-state index contributed by atoms with van der Waals surface area (Å²) in [6.07, 6.45) is 1.03. The molecular formula is C10H23NO2S. The minimum absolute atomic E-state index is 0.0300. The van der Waals surface area contributed by atoms with Crippen molar-refractivity contribution < 1.29 is 8.42 Å². The van der Waals surface area contributed by atoms with Crippen LogP contribution in [0.3, 0.4) is 0 Å². The van der Waals surface area contributed by atoms with Crippen molar-refractivity contribution in [2.75, 3.05) is 6.54 Å². The van der Waals surface area contributed by atoms with Crippen molar-refractivity contribution in [3.05, 3.63) is 0 Å². The predicted molar refractivity (Wildman–Crippen MR) is 61.3 cm³/mol. The average Bonchev–Trinajstić information content (AvgIpc) is 2.12. The Hall–Kier alpha value is -0.0900. The number of nitrogens with one attached hydrogen (secondary N) is 1. The van der Waals surface area contributed by atoms with Gasteiger partial charge in [-0.1, -0.05) is 6.92 Å². The Morgan fingerprint density at radius 1 is 1.14 bits per heavy atom. The summed E-state index contributed by atoms with van der Waals surface area (Å²) >= 11 is 0. The summed E-state index contributed by atoms with van der Waals surface area (Å²) in [5.74, 6) is 0. The van der Waals surface area contributed by atoms with Crippen molar-refractivity contribution in [1.82, 2.24) is 5.32 Å². The van der Waals surface area contributed by atoms with E-state index in [0.29, 0.717) is 0 Å². The number of hydrogen-bond donors (Lipinski definition) is 1. The molecular weight excluding hydrogens is 198 g/mol. The standard InChI is InChI=1S/C10H23NO2S/c1-6-7-11-9(4)10(5)14(12,13)8(2)3/h8-11H,6-7H2,1-5H3. The Morgan fingerprint density at radius 3 is 2.00 bits per heavy atom. The fourth-order valence-corrected chi connectivity index (χ4v) is 2.78. The van der Waals surface area contributed by atoms with Gasteiger partial charge in [0.2, 0.25) is 0 Å². The summed E-state index contributed by atoms with van der Waals surface area (Å²) in [5, 5.41) is 2.61. The maximum atomic E-state index is 11.8. The van der Waals surface area contributed by atoms with Crippen molar-refractivity contribution in [1.29, 1.82) is 0 Å². The molecule has 3 nitrogen and oxygen atoms in total. The van der Waals surface area contributed by atoms with Crippen molar-refractivity contribution >= 4 is 9.84 Å². The zero-order valence-corrected chi connectivity index (χ0v) is 10.7. The first-order valence-electron chi connectivity index (χ1n) is 5.30. The van der Waals surface area contributed by atoms with Gasteiger partial charge in [-0.15, -0.1) is 0 Å². The van der Waals surface area contributed by atoms with E-state index in [1.54, 1.807) is 20.8 Å². The van der Waals surface area contributed by atoms with Crippen LogP contribution in [0.2, 0.25) is 0 Å². The van der Waals surface area contributed by atoms with Crippen LogP contribution in [0, 0.1) is 0 Å². The molecule has 0 rings (SSSR count). The van der Waals surface area contributed by atoms with Crippen LogP contribution in [0.15, 0.2) is 0 Å². The lowest BCUT2D eigenvalue weighted by Crippen LogP contribution is -2.43. The first kappa shape index (κ1) is 13.9. The first-order chi connectivity index (χ1) is 6.34. The molecule has 14 heavy (non-hydrogen) atoms. The van der Waals surface area contributed by atoms with Crippen LogP contribution in [-0.2, 0) is 9.84 Å². The van der Waals surface area contributed by atoms with Gasteiger partial charge in [-0.3, -0.25) is 0 Å². The fraction of sp³-hybridized carbons (Fsp3) is 1.00. The molecule has 2 unspecified atom stereocenters. The highest BCUT2D eigenvalue weighted by atomic mass is 32.2. The number of rotatable bonds is 6. The number of hydrogen-bond acceptors (Lipinski definition) is 3. The summed E-state index contributed by atoms with van der Waals surface area (Å²) in [5.41, 5.74) is 0. The highest BCUT2D eigenvalue weighted by Gasteiger charge is 2.28. The minimum atomic E-state index is -2.97. The second kappa shape index (κ2) is 5.71. The van der Waals surface area contributed by atoms with Gasteiger partial charge in [-0.2, -0.15) is 0 Å². The molecule has 0 radical (unpaired) electrons. The van der Waals surface area contributed by atoms with Crippen LogP contribution in [0.1, 0.15) is 41.0 Å². The monoisotopic (exact) mass is 221 g/mol. The summed E-state index contributed by atoms with van der Waals surface area (Å²) < 4.78 is 23.6. The second-order valence-electron chi connectivity index (χ2n) is 4.09. The maximum Gasteiger partial charge on any atom is 0.156 e. The molecule has 0 bridgehead atoms. The molecule has 1 N–H and O–H groups in total. The van der Waals surface area contributed by atoms with Crippen LogP contribution < -0.4 is 5.32 Å². The molecule has 0 aromatic rings. The quantitative estimate of drug-likeness (QED) is 0.741. The highest BCUT2D eigenvalue weighted by Crippen LogP contribution is 2.12. The van der Waals surface area contributed by atoms with Gasteiger partial charge in [0.15, 0.2) is 9.84 Å². The van der Waals surface area contributed by atoms with E-state index in [1.165, 1.54) is 0 Å². The maximum absolute atomic E-state index is 11.8. The molecule has 0 aliphatic carbocycles. The van der Waals surface area contributed by atoms with E-state index in [9.17, 15) is 8.42 Å².